The van der Waals surface area contributed by atoms with E-state index < -0.39 is 11.9 Å². The fourth-order valence-electron chi connectivity index (χ4n) is 6.20. The Bertz CT molecular complexity index is 931. The van der Waals surface area contributed by atoms with E-state index in [2.05, 4.69) is 6.58 Å². The molecular formula is C25H32O11. The zero-order valence-corrected chi connectivity index (χ0v) is 20.4. The van der Waals surface area contributed by atoms with Crippen LogP contribution < -0.4 is 0 Å². The first-order chi connectivity index (χ1) is 17.3. The van der Waals surface area contributed by atoms with Crippen molar-refractivity contribution < 1.29 is 52.3 Å². The van der Waals surface area contributed by atoms with Gasteiger partial charge < -0.3 is 33.2 Å². The van der Waals surface area contributed by atoms with Gasteiger partial charge in [-0.05, 0) is 0 Å². The van der Waals surface area contributed by atoms with Crippen LogP contribution in [0.4, 0.5) is 0 Å². The van der Waals surface area contributed by atoms with Gasteiger partial charge in [-0.15, -0.1) is 0 Å². The van der Waals surface area contributed by atoms with Gasteiger partial charge in [0.05, 0.1) is 43.0 Å². The van der Waals surface area contributed by atoms with Gasteiger partial charge in [0.2, 0.25) is 0 Å². The largest absolute Gasteiger partial charge is 0.498 e. The molecule has 6 heterocycles. The van der Waals surface area contributed by atoms with Crippen molar-refractivity contribution >= 4 is 23.9 Å². The number of carbonyl (C=O) groups excluding carboxylic acids is 4. The second-order valence-electron chi connectivity index (χ2n) is 9.96. The minimum atomic E-state index is -0.533. The molecule has 198 valence electrons. The molecular weight excluding hydrogens is 476 g/mol. The lowest BCUT2D eigenvalue weighted by Gasteiger charge is -2.26. The lowest BCUT2D eigenvalue weighted by molar-refractivity contribution is -0.164. The van der Waals surface area contributed by atoms with E-state index in [-0.39, 0.29) is 79.3 Å². The summed E-state index contributed by atoms with van der Waals surface area (Å²) in [4.78, 5) is 45.4. The van der Waals surface area contributed by atoms with Crippen molar-refractivity contribution in [1.29, 1.82) is 0 Å². The Morgan fingerprint density at radius 2 is 1.39 bits per heavy atom. The monoisotopic (exact) mass is 508 g/mol. The molecule has 0 N–H and O–H groups in total. The molecule has 36 heavy (non-hydrogen) atoms. The highest BCUT2D eigenvalue weighted by molar-refractivity contribution is 5.77. The van der Waals surface area contributed by atoms with E-state index in [9.17, 15) is 19.2 Å². The zero-order chi connectivity index (χ0) is 25.6. The molecule has 11 heteroatoms. The number of ether oxygens (including phenoxy) is 7. The minimum absolute atomic E-state index is 0.0242. The van der Waals surface area contributed by atoms with E-state index >= 15 is 0 Å². The van der Waals surface area contributed by atoms with E-state index in [0.29, 0.717) is 38.4 Å². The maximum atomic E-state index is 11.7. The van der Waals surface area contributed by atoms with E-state index in [1.54, 1.807) is 13.8 Å². The van der Waals surface area contributed by atoms with Gasteiger partial charge in [0.15, 0.2) is 6.61 Å². The van der Waals surface area contributed by atoms with Crippen molar-refractivity contribution in [1.82, 2.24) is 0 Å². The van der Waals surface area contributed by atoms with Gasteiger partial charge >= 0.3 is 23.9 Å². The number of fused-ring (bicyclic) bond motifs is 10. The van der Waals surface area contributed by atoms with Crippen LogP contribution in [0.15, 0.2) is 12.3 Å². The molecule has 10 atom stereocenters. The molecule has 0 radical (unpaired) electrons. The molecule has 6 aliphatic heterocycles. The van der Waals surface area contributed by atoms with Crippen LogP contribution in [0.25, 0.3) is 0 Å². The maximum Gasteiger partial charge on any atom is 0.344 e. The van der Waals surface area contributed by atoms with Crippen LogP contribution in [0.2, 0.25) is 0 Å². The standard InChI is InChI=1S/C14H18O6.C11H14O5/c1-3-11(15)18-6-12(16)19-10-4-9-8-5-17-7(2)13(8)14(10)20-9;1-2-8(12)15-7-3-6-5-4-14-11(13)9(5)10(7)16-6/h8-10,13-14H,2-6H2,1H3;5-7,9-10H,2-4H2,1H3. The summed E-state index contributed by atoms with van der Waals surface area (Å²) in [5.74, 6) is -0.245. The second-order valence-corrected chi connectivity index (χ2v) is 9.96. The second kappa shape index (κ2) is 10.0. The third-order valence-electron chi connectivity index (χ3n) is 7.93. The smallest absolute Gasteiger partial charge is 0.344 e. The fourth-order valence-corrected chi connectivity index (χ4v) is 6.20. The van der Waals surface area contributed by atoms with Crippen LogP contribution in [0.3, 0.4) is 0 Å². The number of rotatable bonds is 6. The molecule has 4 bridgehead atoms. The van der Waals surface area contributed by atoms with E-state index in [0.717, 1.165) is 5.76 Å². The molecule has 6 saturated heterocycles. The van der Waals surface area contributed by atoms with Crippen molar-refractivity contribution in [2.75, 3.05) is 19.8 Å². The average Bonchev–Trinajstić information content (AvgIpc) is 3.69. The topological polar surface area (TPSA) is 133 Å². The zero-order valence-electron chi connectivity index (χ0n) is 20.4. The summed E-state index contributed by atoms with van der Waals surface area (Å²) in [6.45, 7) is 8.07. The molecule has 6 aliphatic rings. The molecule has 0 amide bonds. The highest BCUT2D eigenvalue weighted by Gasteiger charge is 2.62. The van der Waals surface area contributed by atoms with E-state index in [4.69, 9.17) is 33.2 Å². The summed E-state index contributed by atoms with van der Waals surface area (Å²) in [6, 6.07) is 0. The summed E-state index contributed by atoms with van der Waals surface area (Å²) in [5.41, 5.74) is 0. The first kappa shape index (κ1) is 25.0. The predicted molar refractivity (Wildman–Crippen MR) is 118 cm³/mol. The van der Waals surface area contributed by atoms with Gasteiger partial charge in [-0.3, -0.25) is 14.4 Å². The summed E-state index contributed by atoms with van der Waals surface area (Å²) >= 11 is 0. The molecule has 10 unspecified atom stereocenters. The number of hydrogen-bond acceptors (Lipinski definition) is 11. The highest BCUT2D eigenvalue weighted by Crippen LogP contribution is 2.51. The van der Waals surface area contributed by atoms with Gasteiger partial charge in [-0.25, -0.2) is 4.79 Å². The summed E-state index contributed by atoms with van der Waals surface area (Å²) in [7, 11) is 0. The lowest BCUT2D eigenvalue weighted by Crippen LogP contribution is -2.39. The highest BCUT2D eigenvalue weighted by atomic mass is 16.6. The average molecular weight is 509 g/mol. The van der Waals surface area contributed by atoms with Crippen LogP contribution in [0.1, 0.15) is 39.5 Å². The Morgan fingerprint density at radius 1 is 0.833 bits per heavy atom. The fraction of sp³-hybridized carbons (Fsp3) is 0.760. The molecule has 0 saturated carbocycles. The van der Waals surface area contributed by atoms with Crippen molar-refractivity contribution in [2.24, 2.45) is 23.7 Å². The normalized spacial score (nSPS) is 40.5. The molecule has 0 aliphatic carbocycles. The summed E-state index contributed by atoms with van der Waals surface area (Å²) < 4.78 is 37.4. The maximum absolute atomic E-state index is 11.7. The van der Waals surface area contributed by atoms with Gasteiger partial charge in [0.25, 0.3) is 0 Å². The first-order valence-electron chi connectivity index (χ1n) is 12.6. The molecule has 6 rings (SSSR count). The van der Waals surface area contributed by atoms with Crippen LogP contribution in [-0.2, 0) is 52.3 Å². The van der Waals surface area contributed by atoms with Crippen LogP contribution in [0, 0.1) is 23.7 Å². The van der Waals surface area contributed by atoms with Gasteiger partial charge in [-0.1, -0.05) is 20.4 Å². The third kappa shape index (κ3) is 4.47. The van der Waals surface area contributed by atoms with E-state index in [1.807, 2.05) is 0 Å². The first-order valence-corrected chi connectivity index (χ1v) is 12.6. The molecule has 0 aromatic carbocycles. The van der Waals surface area contributed by atoms with Crippen LogP contribution in [-0.4, -0.2) is 80.3 Å². The van der Waals surface area contributed by atoms with Gasteiger partial charge in [-0.2, -0.15) is 0 Å². The Hall–Kier alpha value is -2.66. The predicted octanol–water partition coefficient (Wildman–Crippen LogP) is 1.07. The number of esters is 4. The summed E-state index contributed by atoms with van der Waals surface area (Å²) in [5, 5.41) is 0. The quantitative estimate of drug-likeness (QED) is 0.377. The minimum Gasteiger partial charge on any atom is -0.498 e. The lowest BCUT2D eigenvalue weighted by atomic mass is 9.79. The third-order valence-corrected chi connectivity index (χ3v) is 7.93. The van der Waals surface area contributed by atoms with Crippen molar-refractivity contribution in [3.8, 4) is 0 Å². The van der Waals surface area contributed by atoms with Crippen molar-refractivity contribution in [3.63, 3.8) is 0 Å². The van der Waals surface area contributed by atoms with E-state index in [1.165, 1.54) is 0 Å². The Balaban J connectivity index is 0.000000152. The molecule has 11 nitrogen and oxygen atoms in total. The molecule has 6 fully saturated rings. The molecule has 0 aromatic rings. The van der Waals surface area contributed by atoms with Crippen molar-refractivity contribution in [2.45, 2.75) is 76.2 Å². The summed E-state index contributed by atoms with van der Waals surface area (Å²) in [6.07, 6.45) is 1.06. The number of cyclic esters (lactones) is 1. The molecule has 0 spiro atoms. The van der Waals surface area contributed by atoms with Gasteiger partial charge in [0, 0.05) is 37.5 Å². The Labute approximate surface area is 208 Å². The Morgan fingerprint density at radius 3 is 2.03 bits per heavy atom. The van der Waals surface area contributed by atoms with Crippen LogP contribution in [0.5, 0.6) is 0 Å². The van der Waals surface area contributed by atoms with Gasteiger partial charge in [0.1, 0.15) is 24.4 Å². The number of carbonyl (C=O) groups is 4. The Kier molecular flexibility index (Phi) is 6.95. The van der Waals surface area contributed by atoms with Crippen molar-refractivity contribution in [3.05, 3.63) is 12.3 Å². The van der Waals surface area contributed by atoms with Crippen LogP contribution >= 0.6 is 0 Å². The SMILES string of the molecule is C=C1OCC2C3CC(OC(=O)COC(=O)CC)C(O3)C12.CCC(=O)OC1CC2OC1C1C(=O)OCC21. The number of hydrogen-bond donors (Lipinski definition) is 0. The molecule has 0 aromatic heterocycles.